The Morgan fingerprint density at radius 3 is 2.22 bits per heavy atom. The first-order valence-corrected chi connectivity index (χ1v) is 8.61. The molecule has 1 aliphatic carbocycles. The molecule has 3 aliphatic rings. The highest BCUT2D eigenvalue weighted by Crippen LogP contribution is 2.28. The third kappa shape index (κ3) is 3.59. The Kier molecular flexibility index (Phi) is 4.73. The number of carboxylic acids is 1. The lowest BCUT2D eigenvalue weighted by atomic mass is 9.80. The minimum absolute atomic E-state index is 0.0201. The SMILES string of the molecule is O=C(O)C1CC(NC(=O)C2CCCN(C(=O)N3CCCC3)C2)C1. The minimum Gasteiger partial charge on any atom is -0.481 e. The fourth-order valence-electron chi connectivity index (χ4n) is 3.73. The number of nitrogens with one attached hydrogen (secondary N) is 1. The molecule has 0 aromatic heterocycles. The highest BCUT2D eigenvalue weighted by molar-refractivity contribution is 5.81. The van der Waals surface area contributed by atoms with E-state index in [4.69, 9.17) is 5.11 Å². The van der Waals surface area contributed by atoms with Crippen molar-refractivity contribution in [3.05, 3.63) is 0 Å². The van der Waals surface area contributed by atoms with Gasteiger partial charge in [0.2, 0.25) is 5.91 Å². The first-order valence-electron chi connectivity index (χ1n) is 8.61. The second-order valence-electron chi connectivity index (χ2n) is 6.97. The summed E-state index contributed by atoms with van der Waals surface area (Å²) in [6.45, 7) is 2.86. The van der Waals surface area contributed by atoms with Crippen molar-refractivity contribution in [1.29, 1.82) is 0 Å². The Morgan fingerprint density at radius 1 is 0.913 bits per heavy atom. The van der Waals surface area contributed by atoms with Crippen molar-refractivity contribution in [3.63, 3.8) is 0 Å². The first-order chi connectivity index (χ1) is 11.0. The van der Waals surface area contributed by atoms with Crippen LogP contribution >= 0.6 is 0 Å². The Hall–Kier alpha value is -1.79. The molecule has 0 spiro atoms. The molecule has 1 unspecified atom stereocenters. The minimum atomic E-state index is -0.782. The van der Waals surface area contributed by atoms with E-state index in [1.807, 2.05) is 4.90 Å². The van der Waals surface area contributed by atoms with E-state index in [1.165, 1.54) is 0 Å². The zero-order valence-electron chi connectivity index (χ0n) is 13.4. The van der Waals surface area contributed by atoms with Gasteiger partial charge in [-0.15, -0.1) is 0 Å². The lowest BCUT2D eigenvalue weighted by Gasteiger charge is -2.37. The van der Waals surface area contributed by atoms with Crippen LogP contribution in [0.1, 0.15) is 38.5 Å². The van der Waals surface area contributed by atoms with Crippen molar-refractivity contribution >= 4 is 17.9 Å². The zero-order chi connectivity index (χ0) is 16.4. The van der Waals surface area contributed by atoms with Gasteiger partial charge in [0.25, 0.3) is 0 Å². The number of piperidine rings is 1. The molecule has 128 valence electrons. The number of nitrogens with zero attached hydrogens (tertiary/aromatic N) is 2. The van der Waals surface area contributed by atoms with E-state index in [9.17, 15) is 14.4 Å². The smallest absolute Gasteiger partial charge is 0.320 e. The van der Waals surface area contributed by atoms with Crippen molar-refractivity contribution in [1.82, 2.24) is 15.1 Å². The maximum absolute atomic E-state index is 12.4. The molecule has 7 heteroatoms. The third-order valence-corrected chi connectivity index (χ3v) is 5.27. The molecule has 3 rings (SSSR count). The number of urea groups is 1. The number of carbonyl (C=O) groups excluding carboxylic acids is 2. The molecule has 0 aromatic carbocycles. The number of hydrogen-bond acceptors (Lipinski definition) is 3. The third-order valence-electron chi connectivity index (χ3n) is 5.27. The standard InChI is InChI=1S/C16H25N3O4/c20-14(17-13-8-12(9-13)15(21)22)11-4-3-7-19(10-11)16(23)18-5-1-2-6-18/h11-13H,1-10H2,(H,17,20)(H,21,22). The van der Waals surface area contributed by atoms with Gasteiger partial charge < -0.3 is 20.2 Å². The second-order valence-corrected chi connectivity index (χ2v) is 6.97. The van der Waals surface area contributed by atoms with Crippen molar-refractivity contribution in [3.8, 4) is 0 Å². The lowest BCUT2D eigenvalue weighted by Crippen LogP contribution is -2.53. The maximum atomic E-state index is 12.4. The molecule has 2 saturated heterocycles. The van der Waals surface area contributed by atoms with E-state index < -0.39 is 5.97 Å². The fourth-order valence-corrected chi connectivity index (χ4v) is 3.73. The molecule has 2 aliphatic heterocycles. The van der Waals surface area contributed by atoms with Crippen LogP contribution in [0.4, 0.5) is 4.79 Å². The molecule has 2 N–H and O–H groups in total. The Labute approximate surface area is 136 Å². The predicted octanol–water partition coefficient (Wildman–Crippen LogP) is 0.894. The summed E-state index contributed by atoms with van der Waals surface area (Å²) in [4.78, 5) is 39.3. The number of rotatable bonds is 3. The molecular weight excluding hydrogens is 298 g/mol. The van der Waals surface area contributed by atoms with E-state index in [2.05, 4.69) is 5.32 Å². The molecule has 1 saturated carbocycles. The summed E-state index contributed by atoms with van der Waals surface area (Å²) in [5.74, 6) is -1.30. The second kappa shape index (κ2) is 6.76. The van der Waals surface area contributed by atoms with Gasteiger partial charge in [0, 0.05) is 32.2 Å². The average molecular weight is 323 g/mol. The van der Waals surface area contributed by atoms with Crippen LogP contribution < -0.4 is 5.32 Å². The van der Waals surface area contributed by atoms with Crippen LogP contribution in [-0.2, 0) is 9.59 Å². The Bertz CT molecular complexity index is 484. The van der Waals surface area contributed by atoms with Crippen LogP contribution in [0.5, 0.6) is 0 Å². The van der Waals surface area contributed by atoms with Crippen LogP contribution in [-0.4, -0.2) is 65.0 Å². The molecular formula is C16H25N3O4. The summed E-state index contributed by atoms with van der Waals surface area (Å²) in [6, 6.07) is 0.0443. The summed E-state index contributed by atoms with van der Waals surface area (Å²) in [7, 11) is 0. The molecule has 0 radical (unpaired) electrons. The van der Waals surface area contributed by atoms with Gasteiger partial charge >= 0.3 is 12.0 Å². The number of carbonyl (C=O) groups is 3. The normalized spacial score (nSPS) is 30.7. The van der Waals surface area contributed by atoms with E-state index in [1.54, 1.807) is 4.90 Å². The lowest BCUT2D eigenvalue weighted by molar-refractivity contribution is -0.146. The van der Waals surface area contributed by atoms with Crippen LogP contribution in [0.25, 0.3) is 0 Å². The van der Waals surface area contributed by atoms with Crippen molar-refractivity contribution < 1.29 is 19.5 Å². The van der Waals surface area contributed by atoms with Crippen molar-refractivity contribution in [2.75, 3.05) is 26.2 Å². The van der Waals surface area contributed by atoms with Crippen LogP contribution in [0.15, 0.2) is 0 Å². The van der Waals surface area contributed by atoms with Gasteiger partial charge in [0.1, 0.15) is 0 Å². The fraction of sp³-hybridized carbons (Fsp3) is 0.812. The molecule has 0 bridgehead atoms. The van der Waals surface area contributed by atoms with Crippen LogP contribution in [0.3, 0.4) is 0 Å². The molecule has 3 amide bonds. The number of likely N-dealkylation sites (tertiary alicyclic amines) is 2. The summed E-state index contributed by atoms with van der Waals surface area (Å²) in [5, 5.41) is 11.8. The summed E-state index contributed by atoms with van der Waals surface area (Å²) in [6.07, 6.45) is 4.81. The van der Waals surface area contributed by atoms with Crippen LogP contribution in [0, 0.1) is 11.8 Å². The summed E-state index contributed by atoms with van der Waals surface area (Å²) < 4.78 is 0. The van der Waals surface area contributed by atoms with E-state index in [0.717, 1.165) is 45.3 Å². The summed E-state index contributed by atoms with van der Waals surface area (Å²) in [5.41, 5.74) is 0. The molecule has 3 fully saturated rings. The highest BCUT2D eigenvalue weighted by Gasteiger charge is 2.37. The quantitative estimate of drug-likeness (QED) is 0.807. The molecule has 23 heavy (non-hydrogen) atoms. The van der Waals surface area contributed by atoms with Gasteiger partial charge in [-0.05, 0) is 38.5 Å². The summed E-state index contributed by atoms with van der Waals surface area (Å²) >= 11 is 0. The van der Waals surface area contributed by atoms with Crippen LogP contribution in [0.2, 0.25) is 0 Å². The monoisotopic (exact) mass is 323 g/mol. The van der Waals surface area contributed by atoms with Gasteiger partial charge in [-0.2, -0.15) is 0 Å². The van der Waals surface area contributed by atoms with Gasteiger partial charge in [0.05, 0.1) is 11.8 Å². The van der Waals surface area contributed by atoms with Gasteiger partial charge in [-0.3, -0.25) is 9.59 Å². The predicted molar refractivity (Wildman–Crippen MR) is 82.8 cm³/mol. The first kappa shape index (κ1) is 16.1. The van der Waals surface area contributed by atoms with Gasteiger partial charge in [-0.25, -0.2) is 4.79 Å². The van der Waals surface area contributed by atoms with Crippen molar-refractivity contribution in [2.45, 2.75) is 44.6 Å². The van der Waals surface area contributed by atoms with Crippen molar-refractivity contribution in [2.24, 2.45) is 11.8 Å². The molecule has 7 nitrogen and oxygen atoms in total. The van der Waals surface area contributed by atoms with Gasteiger partial charge in [0.15, 0.2) is 0 Å². The number of amides is 3. The van der Waals surface area contributed by atoms with E-state index in [-0.39, 0.29) is 29.8 Å². The van der Waals surface area contributed by atoms with E-state index in [0.29, 0.717) is 19.4 Å². The average Bonchev–Trinajstić information content (AvgIpc) is 3.03. The highest BCUT2D eigenvalue weighted by atomic mass is 16.4. The Balaban J connectivity index is 1.47. The molecule has 2 heterocycles. The number of carboxylic acid groups (broad SMARTS) is 1. The topological polar surface area (TPSA) is 90.0 Å². The largest absolute Gasteiger partial charge is 0.481 e. The van der Waals surface area contributed by atoms with Gasteiger partial charge in [-0.1, -0.05) is 0 Å². The maximum Gasteiger partial charge on any atom is 0.320 e. The molecule has 0 aromatic rings. The number of aliphatic carboxylic acids is 1. The molecule has 1 atom stereocenters. The Morgan fingerprint density at radius 2 is 1.57 bits per heavy atom. The zero-order valence-corrected chi connectivity index (χ0v) is 13.4. The number of hydrogen-bond donors (Lipinski definition) is 2. The van der Waals surface area contributed by atoms with E-state index >= 15 is 0 Å².